The summed E-state index contributed by atoms with van der Waals surface area (Å²) in [4.78, 5) is 13.9. The molecular weight excluding hydrogens is 256 g/mol. The Labute approximate surface area is 112 Å². The first-order valence-electron chi connectivity index (χ1n) is 5.83. The van der Waals surface area contributed by atoms with Gasteiger partial charge in [-0.3, -0.25) is 15.0 Å². The average molecular weight is 275 g/mol. The highest BCUT2D eigenvalue weighted by Crippen LogP contribution is 2.09. The summed E-state index contributed by atoms with van der Waals surface area (Å²) in [5, 5.41) is 9.71. The van der Waals surface area contributed by atoms with Crippen molar-refractivity contribution < 1.29 is 9.32 Å². The summed E-state index contributed by atoms with van der Waals surface area (Å²) in [6.45, 7) is 7.07. The number of piperazine rings is 1. The van der Waals surface area contributed by atoms with Crippen LogP contribution in [-0.4, -0.2) is 48.2 Å². The Morgan fingerprint density at radius 2 is 2.50 bits per heavy atom. The van der Waals surface area contributed by atoms with Crippen molar-refractivity contribution in [3.63, 3.8) is 0 Å². The highest BCUT2D eigenvalue weighted by molar-refractivity contribution is 5.91. The first-order chi connectivity index (χ1) is 8.15. The van der Waals surface area contributed by atoms with Gasteiger partial charge in [-0.05, 0) is 13.8 Å². The van der Waals surface area contributed by atoms with Crippen molar-refractivity contribution in [1.82, 2.24) is 15.4 Å². The van der Waals surface area contributed by atoms with E-state index in [-0.39, 0.29) is 18.3 Å². The van der Waals surface area contributed by atoms with E-state index in [9.17, 15) is 4.79 Å². The van der Waals surface area contributed by atoms with Crippen LogP contribution in [0.3, 0.4) is 0 Å². The summed E-state index contributed by atoms with van der Waals surface area (Å²) in [5.74, 6) is 0.352. The van der Waals surface area contributed by atoms with E-state index in [0.717, 1.165) is 25.3 Å². The van der Waals surface area contributed by atoms with Crippen LogP contribution in [0.5, 0.6) is 0 Å². The average Bonchev–Trinajstić information content (AvgIpc) is 2.67. The zero-order valence-corrected chi connectivity index (χ0v) is 11.4. The third kappa shape index (κ3) is 3.97. The molecule has 1 aromatic heterocycles. The molecule has 0 bridgehead atoms. The van der Waals surface area contributed by atoms with Crippen LogP contribution in [0.2, 0.25) is 0 Å². The number of nitrogens with one attached hydrogen (secondary N) is 2. The van der Waals surface area contributed by atoms with Gasteiger partial charge in [0.25, 0.3) is 0 Å². The Bertz CT molecular complexity index is 396. The van der Waals surface area contributed by atoms with Crippen molar-refractivity contribution in [2.45, 2.75) is 19.9 Å². The molecule has 0 radical (unpaired) electrons. The Balaban J connectivity index is 0.00000162. The topological polar surface area (TPSA) is 70.4 Å². The van der Waals surface area contributed by atoms with Crippen molar-refractivity contribution in [2.24, 2.45) is 0 Å². The lowest BCUT2D eigenvalue weighted by atomic mass is 10.2. The van der Waals surface area contributed by atoms with E-state index in [1.807, 2.05) is 6.92 Å². The van der Waals surface area contributed by atoms with Gasteiger partial charge in [-0.2, -0.15) is 0 Å². The molecule has 1 unspecified atom stereocenters. The monoisotopic (exact) mass is 274 g/mol. The van der Waals surface area contributed by atoms with Crippen LogP contribution in [0, 0.1) is 6.92 Å². The molecule has 18 heavy (non-hydrogen) atoms. The fourth-order valence-electron chi connectivity index (χ4n) is 1.90. The van der Waals surface area contributed by atoms with Gasteiger partial charge in [0.1, 0.15) is 0 Å². The number of aromatic nitrogens is 1. The Kier molecular flexibility index (Phi) is 5.58. The molecule has 2 rings (SSSR count). The van der Waals surface area contributed by atoms with E-state index in [0.29, 0.717) is 18.5 Å². The van der Waals surface area contributed by atoms with E-state index < -0.39 is 0 Å². The predicted molar refractivity (Wildman–Crippen MR) is 71.0 cm³/mol. The number of anilines is 1. The maximum atomic E-state index is 11.8. The minimum absolute atomic E-state index is 0. The molecule has 1 aromatic rings. The first-order valence-corrected chi connectivity index (χ1v) is 5.83. The van der Waals surface area contributed by atoms with Crippen LogP contribution in [0.25, 0.3) is 0 Å². The highest BCUT2D eigenvalue weighted by Gasteiger charge is 2.20. The van der Waals surface area contributed by atoms with E-state index in [1.54, 1.807) is 6.07 Å². The summed E-state index contributed by atoms with van der Waals surface area (Å²) in [6.07, 6.45) is 0. The molecule has 6 nitrogen and oxygen atoms in total. The van der Waals surface area contributed by atoms with E-state index >= 15 is 0 Å². The van der Waals surface area contributed by atoms with Gasteiger partial charge >= 0.3 is 0 Å². The molecule has 1 atom stereocenters. The summed E-state index contributed by atoms with van der Waals surface area (Å²) in [7, 11) is 0. The molecule has 7 heteroatoms. The number of hydrogen-bond donors (Lipinski definition) is 2. The molecule has 1 aliphatic heterocycles. The van der Waals surface area contributed by atoms with Gasteiger partial charge in [0.15, 0.2) is 0 Å². The van der Waals surface area contributed by atoms with Crippen molar-refractivity contribution in [2.75, 3.05) is 31.5 Å². The lowest BCUT2D eigenvalue weighted by molar-refractivity contribution is -0.118. The SMILES string of the molecule is Cc1cc(NC(=O)CN2CCNCC2C)on1.Cl. The molecular formula is C11H19ClN4O2. The molecule has 0 saturated carbocycles. The Morgan fingerprint density at radius 1 is 1.72 bits per heavy atom. The molecule has 1 saturated heterocycles. The maximum absolute atomic E-state index is 11.8. The molecule has 1 fully saturated rings. The van der Waals surface area contributed by atoms with E-state index in [4.69, 9.17) is 4.52 Å². The molecule has 2 N–H and O–H groups in total. The zero-order valence-electron chi connectivity index (χ0n) is 10.6. The number of carbonyl (C=O) groups excluding carboxylic acids is 1. The van der Waals surface area contributed by atoms with Gasteiger partial charge in [0.05, 0.1) is 12.2 Å². The molecule has 1 aliphatic rings. The number of aryl methyl sites for hydroxylation is 1. The molecule has 0 aliphatic carbocycles. The second-order valence-electron chi connectivity index (χ2n) is 4.40. The number of rotatable bonds is 3. The maximum Gasteiger partial charge on any atom is 0.240 e. The molecule has 0 spiro atoms. The predicted octanol–water partition coefficient (Wildman–Crippen LogP) is 0.637. The van der Waals surface area contributed by atoms with E-state index in [1.165, 1.54) is 0 Å². The lowest BCUT2D eigenvalue weighted by Gasteiger charge is -2.33. The number of hydrogen-bond acceptors (Lipinski definition) is 5. The Hall–Kier alpha value is -1.11. The fourth-order valence-corrected chi connectivity index (χ4v) is 1.90. The summed E-state index contributed by atoms with van der Waals surface area (Å²) in [6, 6.07) is 2.09. The molecule has 102 valence electrons. The second kappa shape index (κ2) is 6.72. The minimum Gasteiger partial charge on any atom is -0.338 e. The smallest absolute Gasteiger partial charge is 0.240 e. The molecule has 0 aromatic carbocycles. The largest absolute Gasteiger partial charge is 0.338 e. The van der Waals surface area contributed by atoms with Crippen LogP contribution in [0.15, 0.2) is 10.6 Å². The summed E-state index contributed by atoms with van der Waals surface area (Å²) in [5.41, 5.74) is 0.760. The van der Waals surface area contributed by atoms with Crippen LogP contribution < -0.4 is 10.6 Å². The van der Waals surface area contributed by atoms with Crippen LogP contribution in [0.4, 0.5) is 5.88 Å². The van der Waals surface area contributed by atoms with Gasteiger partial charge in [-0.1, -0.05) is 5.16 Å². The van der Waals surface area contributed by atoms with Crippen molar-refractivity contribution in [3.05, 3.63) is 11.8 Å². The fraction of sp³-hybridized carbons (Fsp3) is 0.636. The highest BCUT2D eigenvalue weighted by atomic mass is 35.5. The van der Waals surface area contributed by atoms with Gasteiger partial charge in [-0.25, -0.2) is 0 Å². The van der Waals surface area contributed by atoms with Crippen LogP contribution >= 0.6 is 12.4 Å². The zero-order chi connectivity index (χ0) is 12.3. The standard InChI is InChI=1S/C11H18N4O2.ClH/c1-8-5-11(17-14-8)13-10(16)7-15-4-3-12-6-9(15)2;/h5,9,12H,3-4,6-7H2,1-2H3,(H,13,16);1H. The first kappa shape index (κ1) is 14.9. The van der Waals surface area contributed by atoms with Gasteiger partial charge in [-0.15, -0.1) is 12.4 Å². The van der Waals surface area contributed by atoms with Crippen molar-refractivity contribution in [1.29, 1.82) is 0 Å². The molecule has 2 heterocycles. The number of carbonyl (C=O) groups is 1. The van der Waals surface area contributed by atoms with E-state index in [2.05, 4.69) is 27.6 Å². The number of halogens is 1. The van der Waals surface area contributed by atoms with Gasteiger partial charge in [0.2, 0.25) is 11.8 Å². The number of nitrogens with zero attached hydrogens (tertiary/aromatic N) is 2. The third-order valence-electron chi connectivity index (χ3n) is 2.88. The normalized spacial score (nSPS) is 20.2. The summed E-state index contributed by atoms with van der Waals surface area (Å²) >= 11 is 0. The van der Waals surface area contributed by atoms with Crippen LogP contribution in [0.1, 0.15) is 12.6 Å². The quantitative estimate of drug-likeness (QED) is 0.846. The molecule has 1 amide bonds. The van der Waals surface area contributed by atoms with Crippen LogP contribution in [-0.2, 0) is 4.79 Å². The third-order valence-corrected chi connectivity index (χ3v) is 2.88. The number of amides is 1. The van der Waals surface area contributed by atoms with Gasteiger partial charge in [0, 0.05) is 31.7 Å². The summed E-state index contributed by atoms with van der Waals surface area (Å²) < 4.78 is 4.94. The van der Waals surface area contributed by atoms with Gasteiger partial charge < -0.3 is 9.84 Å². The van der Waals surface area contributed by atoms with Crippen molar-refractivity contribution in [3.8, 4) is 0 Å². The van der Waals surface area contributed by atoms with Crippen molar-refractivity contribution >= 4 is 24.2 Å². The minimum atomic E-state index is -0.0603. The second-order valence-corrected chi connectivity index (χ2v) is 4.40. The Morgan fingerprint density at radius 3 is 3.11 bits per heavy atom. The lowest BCUT2D eigenvalue weighted by Crippen LogP contribution is -2.51.